The van der Waals surface area contributed by atoms with Crippen molar-refractivity contribution in [3.8, 4) is 5.82 Å². The molecule has 2 saturated heterocycles. The zero-order valence-electron chi connectivity index (χ0n) is 13.2. The molecule has 4 heterocycles. The van der Waals surface area contributed by atoms with Crippen LogP contribution in [0.1, 0.15) is 36.0 Å². The van der Waals surface area contributed by atoms with E-state index in [2.05, 4.69) is 15.3 Å². The second-order valence-electron chi connectivity index (χ2n) is 6.55. The normalized spacial score (nSPS) is 26.2. The van der Waals surface area contributed by atoms with Gasteiger partial charge in [-0.25, -0.2) is 9.97 Å². The molecule has 0 saturated carbocycles. The van der Waals surface area contributed by atoms with Gasteiger partial charge in [-0.05, 0) is 37.8 Å². The number of piperidine rings is 1. The summed E-state index contributed by atoms with van der Waals surface area (Å²) in [5, 5.41) is 3.62. The van der Waals surface area contributed by atoms with E-state index in [1.807, 2.05) is 28.8 Å². The molecule has 2 aliphatic heterocycles. The van der Waals surface area contributed by atoms with Crippen molar-refractivity contribution in [3.05, 3.63) is 42.6 Å². The minimum Gasteiger partial charge on any atom is -0.339 e. The van der Waals surface area contributed by atoms with Crippen LogP contribution < -0.4 is 5.32 Å². The van der Waals surface area contributed by atoms with Gasteiger partial charge in [0.25, 0.3) is 5.91 Å². The van der Waals surface area contributed by atoms with Gasteiger partial charge in [0.2, 0.25) is 0 Å². The quantitative estimate of drug-likeness (QED) is 0.935. The Morgan fingerprint density at radius 2 is 2.09 bits per heavy atom. The first kappa shape index (κ1) is 14.4. The zero-order chi connectivity index (χ0) is 15.8. The van der Waals surface area contributed by atoms with Crippen LogP contribution >= 0.6 is 0 Å². The van der Waals surface area contributed by atoms with Gasteiger partial charge < -0.3 is 10.2 Å². The lowest BCUT2D eigenvalue weighted by Gasteiger charge is -2.35. The third kappa shape index (κ3) is 2.74. The third-order valence-electron chi connectivity index (χ3n) is 5.08. The number of carbonyl (C=O) groups excluding carboxylic acids is 1. The first-order valence-corrected chi connectivity index (χ1v) is 8.18. The molecule has 0 spiro atoms. The lowest BCUT2D eigenvalue weighted by Crippen LogP contribution is -2.48. The summed E-state index contributed by atoms with van der Waals surface area (Å²) in [4.78, 5) is 23.1. The van der Waals surface area contributed by atoms with Crippen molar-refractivity contribution in [2.75, 3.05) is 7.05 Å². The highest BCUT2D eigenvalue weighted by Crippen LogP contribution is 2.29. The van der Waals surface area contributed by atoms with Gasteiger partial charge in [0, 0.05) is 49.3 Å². The number of nitrogens with one attached hydrogen (secondary N) is 1. The number of carbonyl (C=O) groups is 1. The number of imidazole rings is 1. The summed E-state index contributed by atoms with van der Waals surface area (Å²) in [6.07, 6.45) is 11.5. The van der Waals surface area contributed by atoms with Crippen LogP contribution in [-0.2, 0) is 0 Å². The fraction of sp³-hybridized carbons (Fsp3) is 0.471. The summed E-state index contributed by atoms with van der Waals surface area (Å²) in [5.74, 6) is 0.784. The highest BCUT2D eigenvalue weighted by molar-refractivity contribution is 5.94. The predicted octanol–water partition coefficient (Wildman–Crippen LogP) is 1.62. The molecule has 1 N–H and O–H groups in total. The molecular weight excluding hydrogens is 290 g/mol. The summed E-state index contributed by atoms with van der Waals surface area (Å²) in [5.41, 5.74) is 0.678. The fourth-order valence-corrected chi connectivity index (χ4v) is 3.80. The van der Waals surface area contributed by atoms with Crippen molar-refractivity contribution < 1.29 is 4.79 Å². The smallest absolute Gasteiger partial charge is 0.254 e. The Labute approximate surface area is 135 Å². The molecule has 2 aromatic rings. The van der Waals surface area contributed by atoms with Crippen LogP contribution in [0, 0.1) is 0 Å². The van der Waals surface area contributed by atoms with Crippen LogP contribution in [0.3, 0.4) is 0 Å². The Bertz CT molecular complexity index is 687. The Balaban J connectivity index is 1.53. The van der Waals surface area contributed by atoms with Crippen LogP contribution in [0.25, 0.3) is 5.82 Å². The summed E-state index contributed by atoms with van der Waals surface area (Å²) in [6, 6.07) is 5.09. The number of aromatic nitrogens is 3. The number of hydrogen-bond acceptors (Lipinski definition) is 4. The molecule has 0 aliphatic carbocycles. The van der Waals surface area contributed by atoms with Crippen LogP contribution in [0.5, 0.6) is 0 Å². The molecule has 2 fully saturated rings. The third-order valence-corrected chi connectivity index (χ3v) is 5.08. The summed E-state index contributed by atoms with van der Waals surface area (Å²) in [7, 11) is 1.93. The fourth-order valence-electron chi connectivity index (χ4n) is 3.80. The largest absolute Gasteiger partial charge is 0.339 e. The summed E-state index contributed by atoms with van der Waals surface area (Å²) < 4.78 is 1.81. The molecule has 4 rings (SSSR count). The van der Waals surface area contributed by atoms with Gasteiger partial charge in [-0.3, -0.25) is 9.36 Å². The lowest BCUT2D eigenvalue weighted by molar-refractivity contribution is 0.0681. The average molecular weight is 311 g/mol. The van der Waals surface area contributed by atoms with E-state index in [1.165, 1.54) is 12.8 Å². The van der Waals surface area contributed by atoms with Gasteiger partial charge in [-0.1, -0.05) is 0 Å². The molecular formula is C17H21N5O. The Kier molecular flexibility index (Phi) is 3.61. The number of rotatable bonds is 3. The highest BCUT2D eigenvalue weighted by Gasteiger charge is 2.36. The molecule has 0 radical (unpaired) electrons. The van der Waals surface area contributed by atoms with Crippen molar-refractivity contribution in [2.45, 2.75) is 43.8 Å². The van der Waals surface area contributed by atoms with Crippen molar-refractivity contribution >= 4 is 5.91 Å². The van der Waals surface area contributed by atoms with Crippen molar-refractivity contribution in [2.24, 2.45) is 0 Å². The predicted molar refractivity (Wildman–Crippen MR) is 86.4 cm³/mol. The van der Waals surface area contributed by atoms with E-state index >= 15 is 0 Å². The number of amides is 1. The Hall–Kier alpha value is -2.21. The highest BCUT2D eigenvalue weighted by atomic mass is 16.2. The van der Waals surface area contributed by atoms with E-state index in [0.29, 0.717) is 29.5 Å². The Morgan fingerprint density at radius 1 is 1.30 bits per heavy atom. The molecule has 6 heteroatoms. The average Bonchev–Trinajstić information content (AvgIpc) is 3.23. The second-order valence-corrected chi connectivity index (χ2v) is 6.55. The minimum absolute atomic E-state index is 0.0695. The van der Waals surface area contributed by atoms with E-state index in [4.69, 9.17) is 0 Å². The van der Waals surface area contributed by atoms with E-state index < -0.39 is 0 Å². The topological polar surface area (TPSA) is 63.1 Å². The van der Waals surface area contributed by atoms with Gasteiger partial charge in [0.15, 0.2) is 0 Å². The second kappa shape index (κ2) is 5.77. The Morgan fingerprint density at radius 3 is 2.78 bits per heavy atom. The van der Waals surface area contributed by atoms with E-state index in [1.54, 1.807) is 24.8 Å². The summed E-state index contributed by atoms with van der Waals surface area (Å²) in [6.45, 7) is 0. The van der Waals surface area contributed by atoms with Crippen LogP contribution in [0.15, 0.2) is 37.1 Å². The standard InChI is InChI=1S/C17H21N5O/c1-21(15-9-13-2-3-14(10-15)20-13)17(23)12-4-5-19-16(8-12)22-7-6-18-11-22/h4-8,11,13-15,20H,2-3,9-10H2,1H3. The monoisotopic (exact) mass is 311 g/mol. The SMILES string of the molecule is CN(C(=O)c1ccnc(-n2ccnc2)c1)C1CC2CCC(C1)N2. The maximum absolute atomic E-state index is 12.9. The maximum atomic E-state index is 12.9. The first-order valence-electron chi connectivity index (χ1n) is 8.18. The molecule has 120 valence electrons. The first-order chi connectivity index (χ1) is 11.2. The summed E-state index contributed by atoms with van der Waals surface area (Å²) >= 11 is 0. The number of pyridine rings is 1. The van der Waals surface area contributed by atoms with Crippen molar-refractivity contribution in [3.63, 3.8) is 0 Å². The van der Waals surface area contributed by atoms with E-state index in [-0.39, 0.29) is 5.91 Å². The van der Waals surface area contributed by atoms with Crippen LogP contribution in [-0.4, -0.2) is 50.5 Å². The van der Waals surface area contributed by atoms with Gasteiger partial charge in [0.1, 0.15) is 12.1 Å². The van der Waals surface area contributed by atoms with Gasteiger partial charge >= 0.3 is 0 Å². The number of nitrogens with zero attached hydrogens (tertiary/aromatic N) is 4. The number of fused-ring (bicyclic) bond motifs is 2. The molecule has 2 aliphatic rings. The van der Waals surface area contributed by atoms with Crippen LogP contribution in [0.4, 0.5) is 0 Å². The molecule has 1 amide bonds. The minimum atomic E-state index is 0.0695. The molecule has 2 aromatic heterocycles. The van der Waals surface area contributed by atoms with Crippen molar-refractivity contribution in [1.29, 1.82) is 0 Å². The molecule has 6 nitrogen and oxygen atoms in total. The molecule has 2 atom stereocenters. The maximum Gasteiger partial charge on any atom is 0.254 e. The van der Waals surface area contributed by atoms with Gasteiger partial charge in [0.05, 0.1) is 0 Å². The number of hydrogen-bond donors (Lipinski definition) is 1. The van der Waals surface area contributed by atoms with Gasteiger partial charge in [-0.2, -0.15) is 0 Å². The zero-order valence-corrected chi connectivity index (χ0v) is 13.2. The van der Waals surface area contributed by atoms with Gasteiger partial charge in [-0.15, -0.1) is 0 Å². The molecule has 2 bridgehead atoms. The van der Waals surface area contributed by atoms with Crippen LogP contribution in [0.2, 0.25) is 0 Å². The van der Waals surface area contributed by atoms with E-state index in [9.17, 15) is 4.79 Å². The lowest BCUT2D eigenvalue weighted by atomic mass is 9.98. The molecule has 2 unspecified atom stereocenters. The molecule has 0 aromatic carbocycles. The molecule has 23 heavy (non-hydrogen) atoms. The van der Waals surface area contributed by atoms with Crippen molar-refractivity contribution in [1.82, 2.24) is 24.8 Å². The van der Waals surface area contributed by atoms with E-state index in [0.717, 1.165) is 12.8 Å².